The Morgan fingerprint density at radius 1 is 1.23 bits per heavy atom. The SMILES string of the molecule is CNC(=O)c1cccnc1N1CCCN(C(=O)C2CC2)CC1. The molecule has 0 radical (unpaired) electrons. The standard InChI is InChI=1S/C16H22N4O2/c1-17-15(21)13-4-2-7-18-14(13)19-8-3-9-20(11-10-19)16(22)12-5-6-12/h2,4,7,12H,3,5-6,8-11H2,1H3,(H,17,21). The summed E-state index contributed by atoms with van der Waals surface area (Å²) in [7, 11) is 1.62. The molecule has 2 fully saturated rings. The van der Waals surface area contributed by atoms with Crippen LogP contribution in [-0.4, -0.2) is 54.9 Å². The third-order valence-corrected chi connectivity index (χ3v) is 4.29. The lowest BCUT2D eigenvalue weighted by molar-refractivity contribution is -0.132. The van der Waals surface area contributed by atoms with E-state index in [9.17, 15) is 9.59 Å². The van der Waals surface area contributed by atoms with Gasteiger partial charge in [-0.3, -0.25) is 9.59 Å². The maximum Gasteiger partial charge on any atom is 0.254 e. The second-order valence-corrected chi connectivity index (χ2v) is 5.89. The van der Waals surface area contributed by atoms with Crippen LogP contribution in [0.1, 0.15) is 29.6 Å². The van der Waals surface area contributed by atoms with Crippen molar-refractivity contribution in [3.8, 4) is 0 Å². The van der Waals surface area contributed by atoms with E-state index in [4.69, 9.17) is 0 Å². The van der Waals surface area contributed by atoms with E-state index in [2.05, 4.69) is 15.2 Å². The third-order valence-electron chi connectivity index (χ3n) is 4.29. The normalized spacial score (nSPS) is 18.8. The molecule has 118 valence electrons. The minimum absolute atomic E-state index is 0.127. The van der Waals surface area contributed by atoms with Crippen LogP contribution < -0.4 is 10.2 Å². The Bertz CT molecular complexity index is 571. The first kappa shape index (κ1) is 14.8. The molecule has 1 saturated carbocycles. The summed E-state index contributed by atoms with van der Waals surface area (Å²) in [6.07, 6.45) is 4.70. The van der Waals surface area contributed by atoms with Crippen LogP contribution in [0.25, 0.3) is 0 Å². The Hall–Kier alpha value is -2.11. The van der Waals surface area contributed by atoms with Gasteiger partial charge in [-0.15, -0.1) is 0 Å². The molecule has 0 unspecified atom stereocenters. The summed E-state index contributed by atoms with van der Waals surface area (Å²) in [4.78, 5) is 32.7. The van der Waals surface area contributed by atoms with Crippen molar-refractivity contribution in [3.63, 3.8) is 0 Å². The average molecular weight is 302 g/mol. The lowest BCUT2D eigenvalue weighted by Gasteiger charge is -2.24. The van der Waals surface area contributed by atoms with E-state index in [0.717, 1.165) is 38.9 Å². The average Bonchev–Trinajstić information content (AvgIpc) is 3.39. The number of rotatable bonds is 3. The predicted molar refractivity (Wildman–Crippen MR) is 83.8 cm³/mol. The molecule has 1 aliphatic carbocycles. The van der Waals surface area contributed by atoms with Gasteiger partial charge >= 0.3 is 0 Å². The first-order valence-electron chi connectivity index (χ1n) is 7.91. The van der Waals surface area contributed by atoms with E-state index < -0.39 is 0 Å². The fraction of sp³-hybridized carbons (Fsp3) is 0.562. The molecule has 3 rings (SSSR count). The van der Waals surface area contributed by atoms with E-state index in [-0.39, 0.29) is 11.8 Å². The van der Waals surface area contributed by atoms with Gasteiger partial charge in [-0.05, 0) is 31.4 Å². The van der Waals surface area contributed by atoms with Gasteiger partial charge in [-0.1, -0.05) is 0 Å². The van der Waals surface area contributed by atoms with E-state index in [1.165, 1.54) is 0 Å². The van der Waals surface area contributed by atoms with Crippen molar-refractivity contribution in [2.75, 3.05) is 38.1 Å². The van der Waals surface area contributed by atoms with Crippen molar-refractivity contribution in [3.05, 3.63) is 23.9 Å². The van der Waals surface area contributed by atoms with Gasteiger partial charge in [0, 0.05) is 45.3 Å². The highest BCUT2D eigenvalue weighted by Gasteiger charge is 2.34. The molecule has 2 aliphatic rings. The largest absolute Gasteiger partial charge is 0.355 e. The Balaban J connectivity index is 1.73. The predicted octanol–water partition coefficient (Wildman–Crippen LogP) is 0.890. The van der Waals surface area contributed by atoms with Gasteiger partial charge in [-0.2, -0.15) is 0 Å². The molecular formula is C16H22N4O2. The molecule has 0 aromatic carbocycles. The van der Waals surface area contributed by atoms with Gasteiger partial charge in [-0.25, -0.2) is 4.98 Å². The molecule has 6 nitrogen and oxygen atoms in total. The molecule has 2 amide bonds. The molecule has 6 heteroatoms. The molecule has 1 aliphatic heterocycles. The fourth-order valence-electron chi connectivity index (χ4n) is 2.90. The van der Waals surface area contributed by atoms with Crippen molar-refractivity contribution in [2.45, 2.75) is 19.3 Å². The second kappa shape index (κ2) is 6.34. The second-order valence-electron chi connectivity index (χ2n) is 5.89. The first-order valence-corrected chi connectivity index (χ1v) is 7.91. The van der Waals surface area contributed by atoms with Crippen molar-refractivity contribution in [1.82, 2.24) is 15.2 Å². The van der Waals surface area contributed by atoms with Crippen LogP contribution in [-0.2, 0) is 4.79 Å². The molecule has 22 heavy (non-hydrogen) atoms. The summed E-state index contributed by atoms with van der Waals surface area (Å²) < 4.78 is 0. The zero-order valence-electron chi connectivity index (χ0n) is 12.9. The highest BCUT2D eigenvalue weighted by atomic mass is 16.2. The lowest BCUT2D eigenvalue weighted by Crippen LogP contribution is -2.36. The maximum absolute atomic E-state index is 12.2. The molecule has 0 spiro atoms. The summed E-state index contributed by atoms with van der Waals surface area (Å²) in [5.74, 6) is 1.15. The minimum Gasteiger partial charge on any atom is -0.355 e. The summed E-state index contributed by atoms with van der Waals surface area (Å²) in [5.41, 5.74) is 0.590. The first-order chi connectivity index (χ1) is 10.7. The van der Waals surface area contributed by atoms with Gasteiger partial charge < -0.3 is 15.1 Å². The number of carbonyl (C=O) groups is 2. The highest BCUT2D eigenvalue weighted by molar-refractivity contribution is 5.98. The van der Waals surface area contributed by atoms with Crippen LogP contribution in [0.2, 0.25) is 0 Å². The van der Waals surface area contributed by atoms with Gasteiger partial charge in [0.1, 0.15) is 5.82 Å². The van der Waals surface area contributed by atoms with E-state index >= 15 is 0 Å². The molecule has 1 aromatic heterocycles. The van der Waals surface area contributed by atoms with Crippen LogP contribution >= 0.6 is 0 Å². The van der Waals surface area contributed by atoms with Gasteiger partial charge in [0.05, 0.1) is 5.56 Å². The molecule has 1 N–H and O–H groups in total. The van der Waals surface area contributed by atoms with E-state index in [1.807, 2.05) is 4.90 Å². The summed E-state index contributed by atoms with van der Waals surface area (Å²) in [5, 5.41) is 2.66. The molecule has 2 heterocycles. The topological polar surface area (TPSA) is 65.5 Å². The monoisotopic (exact) mass is 302 g/mol. The Morgan fingerprint density at radius 2 is 2.05 bits per heavy atom. The van der Waals surface area contributed by atoms with Crippen molar-refractivity contribution < 1.29 is 9.59 Å². The van der Waals surface area contributed by atoms with Crippen molar-refractivity contribution in [2.24, 2.45) is 5.92 Å². The molecular weight excluding hydrogens is 280 g/mol. The summed E-state index contributed by atoms with van der Waals surface area (Å²) in [6, 6.07) is 3.56. The highest BCUT2D eigenvalue weighted by Crippen LogP contribution is 2.31. The van der Waals surface area contributed by atoms with Crippen LogP contribution in [0.4, 0.5) is 5.82 Å². The number of nitrogens with zero attached hydrogens (tertiary/aromatic N) is 3. The van der Waals surface area contributed by atoms with Crippen LogP contribution in [0.3, 0.4) is 0 Å². The minimum atomic E-state index is -0.127. The molecule has 1 saturated heterocycles. The lowest BCUT2D eigenvalue weighted by atomic mass is 10.2. The van der Waals surface area contributed by atoms with Crippen molar-refractivity contribution in [1.29, 1.82) is 0 Å². The Kier molecular flexibility index (Phi) is 4.27. The molecule has 0 atom stereocenters. The smallest absolute Gasteiger partial charge is 0.254 e. The number of aromatic nitrogens is 1. The Labute approximate surface area is 130 Å². The van der Waals surface area contributed by atoms with Crippen LogP contribution in [0, 0.1) is 5.92 Å². The number of hydrogen-bond donors (Lipinski definition) is 1. The number of nitrogens with one attached hydrogen (secondary N) is 1. The van der Waals surface area contributed by atoms with Gasteiger partial charge in [0.15, 0.2) is 0 Å². The molecule has 0 bridgehead atoms. The van der Waals surface area contributed by atoms with Gasteiger partial charge in [0.2, 0.25) is 5.91 Å². The number of carbonyl (C=O) groups excluding carboxylic acids is 2. The maximum atomic E-state index is 12.2. The van der Waals surface area contributed by atoms with Crippen LogP contribution in [0.5, 0.6) is 0 Å². The summed E-state index contributed by atoms with van der Waals surface area (Å²) >= 11 is 0. The number of pyridine rings is 1. The third kappa shape index (κ3) is 3.05. The zero-order valence-corrected chi connectivity index (χ0v) is 12.9. The fourth-order valence-corrected chi connectivity index (χ4v) is 2.90. The molecule has 1 aromatic rings. The quantitative estimate of drug-likeness (QED) is 0.900. The zero-order chi connectivity index (χ0) is 15.5. The van der Waals surface area contributed by atoms with Crippen molar-refractivity contribution >= 4 is 17.6 Å². The number of amides is 2. The number of hydrogen-bond acceptors (Lipinski definition) is 4. The Morgan fingerprint density at radius 3 is 2.77 bits per heavy atom. The van der Waals surface area contributed by atoms with E-state index in [1.54, 1.807) is 25.4 Å². The summed E-state index contributed by atoms with van der Waals surface area (Å²) in [6.45, 7) is 3.04. The van der Waals surface area contributed by atoms with Gasteiger partial charge in [0.25, 0.3) is 5.91 Å². The van der Waals surface area contributed by atoms with Crippen LogP contribution in [0.15, 0.2) is 18.3 Å². The number of anilines is 1. The van der Waals surface area contributed by atoms with E-state index in [0.29, 0.717) is 23.8 Å².